The van der Waals surface area contributed by atoms with Crippen molar-refractivity contribution < 1.29 is 9.59 Å². The summed E-state index contributed by atoms with van der Waals surface area (Å²) < 4.78 is 0. The van der Waals surface area contributed by atoms with Gasteiger partial charge in [-0.05, 0) is 58.5 Å². The Morgan fingerprint density at radius 2 is 2.05 bits per heavy atom. The van der Waals surface area contributed by atoms with Crippen LogP contribution in [0.1, 0.15) is 39.5 Å². The first kappa shape index (κ1) is 16.2. The Bertz CT molecular complexity index is 363. The maximum Gasteiger partial charge on any atom is 0.321 e. The van der Waals surface area contributed by atoms with E-state index in [9.17, 15) is 9.59 Å². The Morgan fingerprint density at radius 1 is 1.29 bits per heavy atom. The molecule has 3 N–H and O–H groups in total. The van der Waals surface area contributed by atoms with Crippen molar-refractivity contribution in [3.8, 4) is 0 Å². The molecule has 1 saturated carbocycles. The van der Waals surface area contributed by atoms with Gasteiger partial charge in [0.25, 0.3) is 0 Å². The van der Waals surface area contributed by atoms with Crippen LogP contribution in [0, 0.1) is 5.92 Å². The van der Waals surface area contributed by atoms with Crippen molar-refractivity contribution in [3.63, 3.8) is 0 Å². The third-order valence-corrected chi connectivity index (χ3v) is 4.13. The fraction of sp³-hybridized carbons (Fsp3) is 0.867. The Hall–Kier alpha value is -1.14. The van der Waals surface area contributed by atoms with Crippen LogP contribution >= 0.6 is 0 Å². The summed E-state index contributed by atoms with van der Waals surface area (Å²) in [6, 6.07) is 0.210. The zero-order chi connectivity index (χ0) is 15.2. The number of nitrogens with zero attached hydrogens (tertiary/aromatic N) is 1. The number of hydrogen-bond acceptors (Lipinski definition) is 4. The predicted octanol–water partition coefficient (Wildman–Crippen LogP) is 0.685. The Morgan fingerprint density at radius 3 is 2.62 bits per heavy atom. The molecule has 0 radical (unpaired) electrons. The third kappa shape index (κ3) is 6.01. The fourth-order valence-corrected chi connectivity index (χ4v) is 2.67. The van der Waals surface area contributed by atoms with Crippen LogP contribution in [0.2, 0.25) is 0 Å². The second-order valence-corrected chi connectivity index (χ2v) is 6.53. The first-order valence-electron chi connectivity index (χ1n) is 8.09. The molecule has 1 unspecified atom stereocenters. The Balaban J connectivity index is 1.74. The molecule has 0 aromatic rings. The summed E-state index contributed by atoms with van der Waals surface area (Å²) in [6.45, 7) is 7.49. The van der Waals surface area contributed by atoms with Gasteiger partial charge in [-0.1, -0.05) is 0 Å². The molecular weight excluding hydrogens is 268 g/mol. The molecule has 6 nitrogen and oxygen atoms in total. The number of amides is 3. The molecule has 0 aromatic heterocycles. The van der Waals surface area contributed by atoms with E-state index < -0.39 is 0 Å². The van der Waals surface area contributed by atoms with Gasteiger partial charge in [0, 0.05) is 18.6 Å². The van der Waals surface area contributed by atoms with E-state index in [2.05, 4.69) is 34.7 Å². The predicted molar refractivity (Wildman–Crippen MR) is 82.0 cm³/mol. The minimum atomic E-state index is -0.356. The number of carbonyl (C=O) groups is 2. The lowest BCUT2D eigenvalue weighted by atomic mass is 9.98. The first-order chi connectivity index (χ1) is 10.0. The van der Waals surface area contributed by atoms with E-state index in [1.165, 1.54) is 12.8 Å². The smallest absolute Gasteiger partial charge is 0.321 e. The van der Waals surface area contributed by atoms with Crippen molar-refractivity contribution >= 4 is 11.9 Å². The van der Waals surface area contributed by atoms with Gasteiger partial charge in [0.2, 0.25) is 5.91 Å². The molecule has 3 amide bonds. The average Bonchev–Trinajstić information content (AvgIpc) is 3.22. The number of imide groups is 1. The van der Waals surface area contributed by atoms with Crippen LogP contribution < -0.4 is 16.0 Å². The van der Waals surface area contributed by atoms with Crippen LogP contribution in [0.4, 0.5) is 4.79 Å². The van der Waals surface area contributed by atoms with Crippen LogP contribution in [-0.4, -0.2) is 55.1 Å². The molecule has 0 bridgehead atoms. The third-order valence-electron chi connectivity index (χ3n) is 4.13. The number of urea groups is 1. The lowest BCUT2D eigenvalue weighted by Crippen LogP contribution is -2.48. The van der Waals surface area contributed by atoms with Gasteiger partial charge in [0.15, 0.2) is 0 Å². The summed E-state index contributed by atoms with van der Waals surface area (Å²) >= 11 is 0. The first-order valence-corrected chi connectivity index (χ1v) is 8.09. The van der Waals surface area contributed by atoms with E-state index in [0.29, 0.717) is 12.0 Å². The van der Waals surface area contributed by atoms with E-state index in [0.717, 1.165) is 32.5 Å². The van der Waals surface area contributed by atoms with Crippen LogP contribution in [0.15, 0.2) is 0 Å². The highest BCUT2D eigenvalue weighted by Gasteiger charge is 2.25. The van der Waals surface area contributed by atoms with Crippen molar-refractivity contribution in [1.82, 2.24) is 20.9 Å². The summed E-state index contributed by atoms with van der Waals surface area (Å²) in [6.07, 6.45) is 4.45. The van der Waals surface area contributed by atoms with Gasteiger partial charge in [-0.2, -0.15) is 0 Å². The zero-order valence-electron chi connectivity index (χ0n) is 13.2. The molecule has 2 rings (SSSR count). The van der Waals surface area contributed by atoms with Gasteiger partial charge in [-0.15, -0.1) is 0 Å². The number of rotatable bonds is 6. The van der Waals surface area contributed by atoms with Gasteiger partial charge in [0.1, 0.15) is 0 Å². The standard InChI is InChI=1S/C15H28N4O2/c1-11(2)19(9-12-4-3-7-16-8-12)10-14(20)18-15(21)17-13-5-6-13/h11-13,16H,3-10H2,1-2H3,(H2,17,18,20,21). The Labute approximate surface area is 127 Å². The monoisotopic (exact) mass is 296 g/mol. The molecule has 2 fully saturated rings. The molecule has 0 aromatic carbocycles. The summed E-state index contributed by atoms with van der Waals surface area (Å²) in [5.74, 6) is 0.375. The molecule has 1 heterocycles. The van der Waals surface area contributed by atoms with Gasteiger partial charge >= 0.3 is 6.03 Å². The van der Waals surface area contributed by atoms with E-state index in [4.69, 9.17) is 0 Å². The SMILES string of the molecule is CC(C)N(CC(=O)NC(=O)NC1CC1)CC1CCCNC1. The lowest BCUT2D eigenvalue weighted by Gasteiger charge is -2.32. The van der Waals surface area contributed by atoms with Crippen molar-refractivity contribution in [3.05, 3.63) is 0 Å². The maximum absolute atomic E-state index is 12.0. The summed E-state index contributed by atoms with van der Waals surface area (Å²) in [4.78, 5) is 25.7. The highest BCUT2D eigenvalue weighted by molar-refractivity contribution is 5.95. The minimum absolute atomic E-state index is 0.217. The molecule has 1 atom stereocenters. The number of nitrogens with one attached hydrogen (secondary N) is 3. The van der Waals surface area contributed by atoms with E-state index >= 15 is 0 Å². The van der Waals surface area contributed by atoms with Gasteiger partial charge in [-0.3, -0.25) is 15.0 Å². The van der Waals surface area contributed by atoms with Gasteiger partial charge < -0.3 is 10.6 Å². The molecule has 1 saturated heterocycles. The molecule has 6 heteroatoms. The highest BCUT2D eigenvalue weighted by atomic mass is 16.2. The Kier molecular flexibility index (Phi) is 5.99. The minimum Gasteiger partial charge on any atom is -0.335 e. The lowest BCUT2D eigenvalue weighted by molar-refractivity contribution is -0.121. The molecular formula is C15H28N4O2. The van der Waals surface area contributed by atoms with Crippen molar-refractivity contribution in [2.45, 2.75) is 51.6 Å². The summed E-state index contributed by atoms with van der Waals surface area (Å²) in [5.41, 5.74) is 0. The molecule has 1 aliphatic heterocycles. The van der Waals surface area contributed by atoms with Gasteiger partial charge in [0.05, 0.1) is 6.54 Å². The second kappa shape index (κ2) is 7.75. The molecule has 2 aliphatic rings. The largest absolute Gasteiger partial charge is 0.335 e. The number of piperidine rings is 1. The van der Waals surface area contributed by atoms with E-state index in [1.807, 2.05) is 0 Å². The van der Waals surface area contributed by atoms with Gasteiger partial charge in [-0.25, -0.2) is 4.79 Å². The summed E-state index contributed by atoms with van der Waals surface area (Å²) in [7, 11) is 0. The maximum atomic E-state index is 12.0. The number of carbonyl (C=O) groups excluding carboxylic acids is 2. The topological polar surface area (TPSA) is 73.5 Å². The number of hydrogen-bond donors (Lipinski definition) is 3. The van der Waals surface area contributed by atoms with Crippen LogP contribution in [0.5, 0.6) is 0 Å². The van der Waals surface area contributed by atoms with Crippen molar-refractivity contribution in [1.29, 1.82) is 0 Å². The van der Waals surface area contributed by atoms with Crippen molar-refractivity contribution in [2.75, 3.05) is 26.2 Å². The van der Waals surface area contributed by atoms with E-state index in [-0.39, 0.29) is 24.5 Å². The van der Waals surface area contributed by atoms with Crippen LogP contribution in [0.3, 0.4) is 0 Å². The normalized spacial score (nSPS) is 22.4. The summed E-state index contributed by atoms with van der Waals surface area (Å²) in [5, 5.41) is 8.60. The molecule has 1 aliphatic carbocycles. The molecule has 21 heavy (non-hydrogen) atoms. The van der Waals surface area contributed by atoms with Crippen LogP contribution in [0.25, 0.3) is 0 Å². The van der Waals surface area contributed by atoms with Crippen molar-refractivity contribution in [2.24, 2.45) is 5.92 Å². The molecule has 0 spiro atoms. The zero-order valence-corrected chi connectivity index (χ0v) is 13.2. The highest BCUT2D eigenvalue weighted by Crippen LogP contribution is 2.18. The average molecular weight is 296 g/mol. The van der Waals surface area contributed by atoms with Crippen LogP contribution in [-0.2, 0) is 4.79 Å². The second-order valence-electron chi connectivity index (χ2n) is 6.53. The molecule has 120 valence electrons. The quantitative estimate of drug-likeness (QED) is 0.674. The van der Waals surface area contributed by atoms with E-state index in [1.54, 1.807) is 0 Å². The fourth-order valence-electron chi connectivity index (χ4n) is 2.67.